The molecule has 0 aromatic carbocycles. The van der Waals surface area contributed by atoms with Gasteiger partial charge >= 0.3 is 0 Å². The summed E-state index contributed by atoms with van der Waals surface area (Å²) < 4.78 is 10.5. The summed E-state index contributed by atoms with van der Waals surface area (Å²) >= 11 is 0. The van der Waals surface area contributed by atoms with Crippen LogP contribution in [0.5, 0.6) is 5.88 Å². The summed E-state index contributed by atoms with van der Waals surface area (Å²) in [6.07, 6.45) is 4.54. The van der Waals surface area contributed by atoms with Gasteiger partial charge in [-0.25, -0.2) is 4.98 Å². The highest BCUT2D eigenvalue weighted by Gasteiger charge is 2.25. The molecule has 20 heavy (non-hydrogen) atoms. The summed E-state index contributed by atoms with van der Waals surface area (Å²) in [6, 6.07) is 3.65. The number of nitrogens with one attached hydrogen (secondary N) is 1. The van der Waals surface area contributed by atoms with E-state index in [-0.39, 0.29) is 11.9 Å². The summed E-state index contributed by atoms with van der Waals surface area (Å²) in [6.45, 7) is 3.67. The Bertz CT molecular complexity index is 444. The zero-order valence-corrected chi connectivity index (χ0v) is 12.1. The van der Waals surface area contributed by atoms with Crippen LogP contribution in [0, 0.1) is 5.92 Å². The molecule has 1 amide bonds. The maximum atomic E-state index is 12.4. The highest BCUT2D eigenvalue weighted by molar-refractivity contribution is 5.96. The number of hydrogen-bond acceptors (Lipinski definition) is 4. The molecule has 1 aliphatic rings. The fraction of sp³-hybridized carbons (Fsp3) is 0.600. The Labute approximate surface area is 119 Å². The third-order valence-electron chi connectivity index (χ3n) is 3.80. The van der Waals surface area contributed by atoms with E-state index in [4.69, 9.17) is 9.47 Å². The molecular weight excluding hydrogens is 256 g/mol. The van der Waals surface area contributed by atoms with Crippen LogP contribution in [0.2, 0.25) is 0 Å². The van der Waals surface area contributed by atoms with Gasteiger partial charge in [0.1, 0.15) is 5.56 Å². The van der Waals surface area contributed by atoms with Gasteiger partial charge in [0.2, 0.25) is 5.88 Å². The molecule has 0 spiro atoms. The van der Waals surface area contributed by atoms with Crippen molar-refractivity contribution in [2.75, 3.05) is 20.3 Å². The number of rotatable bonds is 5. The van der Waals surface area contributed by atoms with Crippen molar-refractivity contribution in [3.63, 3.8) is 0 Å². The molecule has 2 rings (SSSR count). The Kier molecular flexibility index (Phi) is 5.35. The molecule has 1 saturated heterocycles. The van der Waals surface area contributed by atoms with Gasteiger partial charge in [-0.1, -0.05) is 6.92 Å². The van der Waals surface area contributed by atoms with Gasteiger partial charge in [0.25, 0.3) is 5.91 Å². The molecule has 1 unspecified atom stereocenters. The number of nitrogens with zero attached hydrogens (tertiary/aromatic N) is 1. The lowest BCUT2D eigenvalue weighted by atomic mass is 9.90. The maximum absolute atomic E-state index is 12.4. The summed E-state index contributed by atoms with van der Waals surface area (Å²) in [5.74, 6) is 0.737. The van der Waals surface area contributed by atoms with Crippen LogP contribution in [-0.2, 0) is 4.74 Å². The van der Waals surface area contributed by atoms with Gasteiger partial charge in [-0.05, 0) is 37.3 Å². The summed E-state index contributed by atoms with van der Waals surface area (Å²) in [5, 5.41) is 3.11. The van der Waals surface area contributed by atoms with Crippen LogP contribution < -0.4 is 10.1 Å². The van der Waals surface area contributed by atoms with Gasteiger partial charge in [0, 0.05) is 25.5 Å². The average Bonchev–Trinajstić information content (AvgIpc) is 2.53. The Morgan fingerprint density at radius 1 is 1.55 bits per heavy atom. The summed E-state index contributed by atoms with van der Waals surface area (Å²) in [7, 11) is 1.52. The van der Waals surface area contributed by atoms with Crippen molar-refractivity contribution in [3.8, 4) is 5.88 Å². The zero-order valence-electron chi connectivity index (χ0n) is 12.1. The van der Waals surface area contributed by atoms with Crippen molar-refractivity contribution in [2.24, 2.45) is 5.92 Å². The second-order valence-corrected chi connectivity index (χ2v) is 5.00. The fourth-order valence-corrected chi connectivity index (χ4v) is 2.64. The van der Waals surface area contributed by atoms with Crippen molar-refractivity contribution in [3.05, 3.63) is 23.9 Å². The lowest BCUT2D eigenvalue weighted by Gasteiger charge is -2.30. The highest BCUT2D eigenvalue weighted by atomic mass is 16.5. The molecule has 1 aliphatic heterocycles. The van der Waals surface area contributed by atoms with Gasteiger partial charge in [-0.2, -0.15) is 0 Å². The predicted molar refractivity (Wildman–Crippen MR) is 75.9 cm³/mol. The second kappa shape index (κ2) is 7.24. The number of aromatic nitrogens is 1. The first-order chi connectivity index (χ1) is 9.76. The number of amides is 1. The minimum atomic E-state index is -0.117. The van der Waals surface area contributed by atoms with Crippen molar-refractivity contribution in [2.45, 2.75) is 32.2 Å². The van der Waals surface area contributed by atoms with Crippen molar-refractivity contribution in [1.82, 2.24) is 10.3 Å². The lowest BCUT2D eigenvalue weighted by Crippen LogP contribution is -2.42. The largest absolute Gasteiger partial charge is 0.480 e. The molecule has 1 fully saturated rings. The smallest absolute Gasteiger partial charge is 0.256 e. The van der Waals surface area contributed by atoms with Gasteiger partial charge in [-0.15, -0.1) is 0 Å². The quantitative estimate of drug-likeness (QED) is 0.895. The van der Waals surface area contributed by atoms with E-state index in [0.717, 1.165) is 32.5 Å². The minimum Gasteiger partial charge on any atom is -0.480 e. The number of methoxy groups -OCH3 is 1. The molecule has 0 bridgehead atoms. The normalized spacial score (nSPS) is 17.5. The highest BCUT2D eigenvalue weighted by Crippen LogP contribution is 2.22. The Hall–Kier alpha value is -1.62. The van der Waals surface area contributed by atoms with E-state index < -0.39 is 0 Å². The van der Waals surface area contributed by atoms with E-state index in [1.54, 1.807) is 18.3 Å². The fourth-order valence-electron chi connectivity index (χ4n) is 2.64. The van der Waals surface area contributed by atoms with E-state index in [1.807, 2.05) is 0 Å². The number of carbonyl (C=O) groups is 1. The first-order valence-electron chi connectivity index (χ1n) is 7.13. The molecule has 1 atom stereocenters. The van der Waals surface area contributed by atoms with Crippen molar-refractivity contribution >= 4 is 5.91 Å². The summed E-state index contributed by atoms with van der Waals surface area (Å²) in [5.41, 5.74) is 0.487. The van der Waals surface area contributed by atoms with Gasteiger partial charge in [-0.3, -0.25) is 4.79 Å². The Balaban J connectivity index is 2.04. The molecule has 2 heterocycles. The van der Waals surface area contributed by atoms with Crippen LogP contribution in [0.1, 0.15) is 36.5 Å². The van der Waals surface area contributed by atoms with Crippen LogP contribution in [-0.4, -0.2) is 37.3 Å². The number of ether oxygens (including phenoxy) is 2. The topological polar surface area (TPSA) is 60.5 Å². The third-order valence-corrected chi connectivity index (χ3v) is 3.80. The summed E-state index contributed by atoms with van der Waals surface area (Å²) in [4.78, 5) is 16.4. The second-order valence-electron chi connectivity index (χ2n) is 5.00. The first kappa shape index (κ1) is 14.8. The molecule has 5 heteroatoms. The number of pyridine rings is 1. The molecule has 0 aliphatic carbocycles. The Morgan fingerprint density at radius 2 is 2.30 bits per heavy atom. The molecule has 0 radical (unpaired) electrons. The standard InChI is InChI=1S/C15H22N2O3/c1-3-13(11-6-9-20-10-7-11)17-14(18)12-5-4-8-16-15(12)19-2/h4-5,8,11,13H,3,6-7,9-10H2,1-2H3,(H,17,18). The van der Waals surface area contributed by atoms with Gasteiger partial charge in [0.15, 0.2) is 0 Å². The van der Waals surface area contributed by atoms with E-state index in [1.165, 1.54) is 7.11 Å². The predicted octanol–water partition coefficient (Wildman–Crippen LogP) is 2.03. The van der Waals surface area contributed by atoms with Crippen molar-refractivity contribution in [1.29, 1.82) is 0 Å². The first-order valence-corrected chi connectivity index (χ1v) is 7.13. The van der Waals surface area contributed by atoms with Crippen molar-refractivity contribution < 1.29 is 14.3 Å². The lowest BCUT2D eigenvalue weighted by molar-refractivity contribution is 0.0510. The van der Waals surface area contributed by atoms with Gasteiger partial charge in [0.05, 0.1) is 7.11 Å². The number of carbonyl (C=O) groups excluding carboxylic acids is 1. The van der Waals surface area contributed by atoms with Crippen LogP contribution in [0.15, 0.2) is 18.3 Å². The monoisotopic (exact) mass is 278 g/mol. The maximum Gasteiger partial charge on any atom is 0.256 e. The molecule has 110 valence electrons. The van der Waals surface area contributed by atoms with Crippen LogP contribution in [0.25, 0.3) is 0 Å². The van der Waals surface area contributed by atoms with E-state index in [2.05, 4.69) is 17.2 Å². The minimum absolute atomic E-state index is 0.117. The number of hydrogen-bond donors (Lipinski definition) is 1. The molecular formula is C15H22N2O3. The molecule has 1 aromatic heterocycles. The molecule has 1 aromatic rings. The SMILES string of the molecule is CCC(NC(=O)c1cccnc1OC)C1CCOCC1. The van der Waals surface area contributed by atoms with Crippen LogP contribution in [0.4, 0.5) is 0 Å². The molecule has 1 N–H and O–H groups in total. The Morgan fingerprint density at radius 3 is 2.95 bits per heavy atom. The third kappa shape index (κ3) is 3.48. The van der Waals surface area contributed by atoms with Crippen LogP contribution in [0.3, 0.4) is 0 Å². The van der Waals surface area contributed by atoms with Gasteiger partial charge < -0.3 is 14.8 Å². The average molecular weight is 278 g/mol. The van der Waals surface area contributed by atoms with E-state index >= 15 is 0 Å². The molecule has 5 nitrogen and oxygen atoms in total. The van der Waals surface area contributed by atoms with E-state index in [0.29, 0.717) is 17.4 Å². The van der Waals surface area contributed by atoms with Crippen LogP contribution >= 0.6 is 0 Å². The molecule has 0 saturated carbocycles. The zero-order chi connectivity index (χ0) is 14.4. The van der Waals surface area contributed by atoms with E-state index in [9.17, 15) is 4.79 Å².